The second-order valence-corrected chi connectivity index (χ2v) is 4.64. The zero-order valence-corrected chi connectivity index (χ0v) is 7.51. The van der Waals surface area contributed by atoms with Crippen molar-refractivity contribution in [1.82, 2.24) is 0 Å². The highest BCUT2D eigenvalue weighted by atomic mass is 35.6. The number of halogens is 4. The number of hydrogen-bond acceptors (Lipinski definition) is 2. The van der Waals surface area contributed by atoms with Crippen LogP contribution in [-0.4, -0.2) is 21.2 Å². The molecule has 0 aliphatic carbocycles. The van der Waals surface area contributed by atoms with Crippen LogP contribution in [0.15, 0.2) is 0 Å². The van der Waals surface area contributed by atoms with Gasteiger partial charge in [0.2, 0.25) is 3.79 Å². The van der Waals surface area contributed by atoms with E-state index >= 15 is 0 Å². The van der Waals surface area contributed by atoms with Crippen molar-refractivity contribution < 1.29 is 9.53 Å². The Morgan fingerprint density at radius 2 is 1.90 bits per heavy atom. The molecule has 0 saturated carbocycles. The largest absolute Gasteiger partial charge is 0.454 e. The standard InChI is InChI=1S/C4H2Cl4O2/c5-1-2(4(6,7)8)10-3(1)9/h1-2H. The second kappa shape index (κ2) is 2.59. The minimum atomic E-state index is -1.61. The van der Waals surface area contributed by atoms with Gasteiger partial charge in [0.15, 0.2) is 11.5 Å². The molecular weight excluding hydrogens is 222 g/mol. The van der Waals surface area contributed by atoms with Crippen molar-refractivity contribution in [3.05, 3.63) is 0 Å². The van der Waals surface area contributed by atoms with E-state index in [0.29, 0.717) is 0 Å². The first kappa shape index (κ1) is 8.72. The first-order valence-electron chi connectivity index (χ1n) is 2.34. The van der Waals surface area contributed by atoms with Crippen LogP contribution in [0.5, 0.6) is 0 Å². The van der Waals surface area contributed by atoms with E-state index < -0.39 is 21.2 Å². The van der Waals surface area contributed by atoms with E-state index in [2.05, 4.69) is 4.74 Å². The summed E-state index contributed by atoms with van der Waals surface area (Å²) in [6.07, 6.45) is -0.813. The molecule has 1 rings (SSSR count). The highest BCUT2D eigenvalue weighted by molar-refractivity contribution is 6.68. The summed E-state index contributed by atoms with van der Waals surface area (Å²) < 4.78 is 2.84. The van der Waals surface area contributed by atoms with E-state index in [4.69, 9.17) is 46.4 Å². The lowest BCUT2D eigenvalue weighted by molar-refractivity contribution is -0.167. The molecule has 1 aliphatic rings. The third kappa shape index (κ3) is 1.45. The van der Waals surface area contributed by atoms with Crippen LogP contribution < -0.4 is 0 Å². The van der Waals surface area contributed by atoms with Gasteiger partial charge in [-0.25, -0.2) is 0 Å². The van der Waals surface area contributed by atoms with Crippen LogP contribution in [0.1, 0.15) is 0 Å². The fraction of sp³-hybridized carbons (Fsp3) is 0.750. The number of hydrogen-bond donors (Lipinski definition) is 0. The van der Waals surface area contributed by atoms with Crippen molar-refractivity contribution in [3.8, 4) is 0 Å². The first-order chi connectivity index (χ1) is 4.43. The van der Waals surface area contributed by atoms with E-state index in [9.17, 15) is 4.79 Å². The van der Waals surface area contributed by atoms with Crippen LogP contribution >= 0.6 is 46.4 Å². The van der Waals surface area contributed by atoms with Crippen molar-refractivity contribution in [2.24, 2.45) is 0 Å². The van der Waals surface area contributed by atoms with Gasteiger partial charge in [-0.05, 0) is 0 Å². The monoisotopic (exact) mass is 222 g/mol. The molecule has 0 amide bonds. The third-order valence-electron chi connectivity index (χ3n) is 1.06. The number of carbonyl (C=O) groups excluding carboxylic acids is 1. The third-order valence-corrected chi connectivity index (χ3v) is 2.11. The van der Waals surface area contributed by atoms with Gasteiger partial charge in [0, 0.05) is 0 Å². The molecule has 1 aliphatic heterocycles. The molecule has 1 fully saturated rings. The van der Waals surface area contributed by atoms with Crippen molar-refractivity contribution in [2.75, 3.05) is 0 Å². The first-order valence-corrected chi connectivity index (χ1v) is 3.91. The Morgan fingerprint density at radius 1 is 1.40 bits per heavy atom. The van der Waals surface area contributed by atoms with Gasteiger partial charge in [0.05, 0.1) is 0 Å². The molecule has 58 valence electrons. The van der Waals surface area contributed by atoms with Gasteiger partial charge < -0.3 is 4.74 Å². The Hall–Kier alpha value is 0.630. The molecule has 1 saturated heterocycles. The minimum Gasteiger partial charge on any atom is -0.454 e. The predicted octanol–water partition coefficient (Wildman–Crippen LogP) is 1.89. The number of ether oxygens (including phenoxy) is 1. The van der Waals surface area contributed by atoms with Crippen molar-refractivity contribution in [3.63, 3.8) is 0 Å². The minimum absolute atomic E-state index is 0.544. The van der Waals surface area contributed by atoms with Gasteiger partial charge in [-0.15, -0.1) is 11.6 Å². The smallest absolute Gasteiger partial charge is 0.328 e. The van der Waals surface area contributed by atoms with Crippen LogP contribution in [0.4, 0.5) is 0 Å². The highest BCUT2D eigenvalue weighted by Crippen LogP contribution is 2.40. The molecule has 2 unspecified atom stereocenters. The summed E-state index contributed by atoms with van der Waals surface area (Å²) in [7, 11) is 0. The molecule has 6 heteroatoms. The summed E-state index contributed by atoms with van der Waals surface area (Å²) in [5.41, 5.74) is 0. The average Bonchev–Trinajstić information content (AvgIpc) is 1.79. The fourth-order valence-corrected chi connectivity index (χ4v) is 1.53. The molecule has 0 aromatic rings. The summed E-state index contributed by atoms with van der Waals surface area (Å²) >= 11 is 21.5. The molecular formula is C4H2Cl4O2. The van der Waals surface area contributed by atoms with Crippen molar-refractivity contribution in [2.45, 2.75) is 15.3 Å². The van der Waals surface area contributed by atoms with E-state index in [-0.39, 0.29) is 0 Å². The molecule has 10 heavy (non-hydrogen) atoms. The molecule has 2 nitrogen and oxygen atoms in total. The van der Waals surface area contributed by atoms with Crippen LogP contribution in [0.2, 0.25) is 0 Å². The number of rotatable bonds is 0. The van der Waals surface area contributed by atoms with E-state index in [1.807, 2.05) is 0 Å². The number of cyclic esters (lactones) is 1. The maximum atomic E-state index is 10.4. The van der Waals surface area contributed by atoms with Gasteiger partial charge in [-0.2, -0.15) is 0 Å². The molecule has 0 aromatic carbocycles. The van der Waals surface area contributed by atoms with Gasteiger partial charge in [-0.1, -0.05) is 34.8 Å². The quantitative estimate of drug-likeness (QED) is 0.463. The van der Waals surface area contributed by atoms with Gasteiger partial charge >= 0.3 is 5.97 Å². The normalized spacial score (nSPS) is 33.0. The SMILES string of the molecule is O=C1OC(C(Cl)(Cl)Cl)C1Cl. The molecule has 0 bridgehead atoms. The number of esters is 1. The zero-order valence-electron chi connectivity index (χ0n) is 4.48. The van der Waals surface area contributed by atoms with E-state index in [1.165, 1.54) is 0 Å². The van der Waals surface area contributed by atoms with Crippen molar-refractivity contribution >= 4 is 52.4 Å². The lowest BCUT2D eigenvalue weighted by Gasteiger charge is -2.35. The zero-order chi connectivity index (χ0) is 7.94. The molecule has 1 heterocycles. The Morgan fingerprint density at radius 3 is 2.00 bits per heavy atom. The second-order valence-electron chi connectivity index (χ2n) is 1.80. The fourth-order valence-electron chi connectivity index (χ4n) is 0.534. The summed E-state index contributed by atoms with van der Waals surface area (Å²) in [5.74, 6) is -0.544. The maximum Gasteiger partial charge on any atom is 0.328 e. The Bertz CT molecular complexity index is 163. The van der Waals surface area contributed by atoms with Gasteiger partial charge in [0.1, 0.15) is 0 Å². The van der Waals surface area contributed by atoms with E-state index in [1.54, 1.807) is 0 Å². The number of alkyl halides is 4. The molecule has 2 atom stereocenters. The Kier molecular flexibility index (Phi) is 2.26. The van der Waals surface area contributed by atoms with Crippen LogP contribution in [-0.2, 0) is 9.53 Å². The van der Waals surface area contributed by atoms with Crippen LogP contribution in [0.25, 0.3) is 0 Å². The van der Waals surface area contributed by atoms with Crippen LogP contribution in [0, 0.1) is 0 Å². The Balaban J connectivity index is 2.56. The maximum absolute atomic E-state index is 10.4. The Labute approximate surface area is 77.3 Å². The summed E-state index contributed by atoms with van der Waals surface area (Å²) in [6.45, 7) is 0. The lowest BCUT2D eigenvalue weighted by atomic mass is 10.2. The topological polar surface area (TPSA) is 26.3 Å². The summed E-state index contributed by atoms with van der Waals surface area (Å²) in [5, 5.41) is -0.826. The average molecular weight is 224 g/mol. The number of carbonyl (C=O) groups is 1. The van der Waals surface area contributed by atoms with E-state index in [0.717, 1.165) is 0 Å². The highest BCUT2D eigenvalue weighted by Gasteiger charge is 2.52. The van der Waals surface area contributed by atoms with Crippen molar-refractivity contribution in [1.29, 1.82) is 0 Å². The lowest BCUT2D eigenvalue weighted by Crippen LogP contribution is -2.53. The van der Waals surface area contributed by atoms with Crippen LogP contribution in [0.3, 0.4) is 0 Å². The molecule has 0 aromatic heterocycles. The molecule has 0 spiro atoms. The van der Waals surface area contributed by atoms with Gasteiger partial charge in [-0.3, -0.25) is 4.79 Å². The summed E-state index contributed by atoms with van der Waals surface area (Å²) in [6, 6.07) is 0. The van der Waals surface area contributed by atoms with Gasteiger partial charge in [0.25, 0.3) is 0 Å². The predicted molar refractivity (Wildman–Crippen MR) is 39.8 cm³/mol. The molecule has 0 radical (unpaired) electrons. The summed E-state index contributed by atoms with van der Waals surface area (Å²) in [4.78, 5) is 10.4. The molecule has 0 N–H and O–H groups in total.